The van der Waals surface area contributed by atoms with Crippen LogP contribution in [-0.4, -0.2) is 32.9 Å². The maximum Gasteiger partial charge on any atom is 0.0504 e. The van der Waals surface area contributed by atoms with Crippen molar-refractivity contribution in [3.8, 4) is 0 Å². The van der Waals surface area contributed by atoms with E-state index in [1.54, 1.807) is 0 Å². The predicted molar refractivity (Wildman–Crippen MR) is 72.5 cm³/mol. The van der Waals surface area contributed by atoms with Gasteiger partial charge in [0.25, 0.3) is 0 Å². The average Bonchev–Trinajstić information content (AvgIpc) is 2.78. The van der Waals surface area contributed by atoms with E-state index < -0.39 is 0 Å². The summed E-state index contributed by atoms with van der Waals surface area (Å²) in [5.74, 6) is 0.805. The van der Waals surface area contributed by atoms with Crippen LogP contribution in [0.3, 0.4) is 0 Å². The first-order valence-electron chi connectivity index (χ1n) is 5.87. The number of hydrogen-bond acceptors (Lipinski definition) is 3. The van der Waals surface area contributed by atoms with E-state index in [1.807, 2.05) is 18.8 Å². The Kier molecular flexibility index (Phi) is 4.13. The number of rotatable bonds is 4. The Morgan fingerprint density at radius 3 is 3.00 bits per heavy atom. The van der Waals surface area contributed by atoms with Gasteiger partial charge < -0.3 is 10.2 Å². The lowest BCUT2D eigenvalue weighted by molar-refractivity contribution is 0.549. The molecule has 88 valence electrons. The average molecular weight is 236 g/mol. The minimum absolute atomic E-state index is 0.805. The minimum atomic E-state index is 0.805. The highest BCUT2D eigenvalue weighted by Crippen LogP contribution is 2.31. The SMILES string of the molecule is CNCC1CCN(c2ccccc2SC)C1. The molecule has 1 aromatic rings. The van der Waals surface area contributed by atoms with Gasteiger partial charge in [-0.25, -0.2) is 0 Å². The summed E-state index contributed by atoms with van der Waals surface area (Å²) < 4.78 is 0. The van der Waals surface area contributed by atoms with Gasteiger partial charge in [0.15, 0.2) is 0 Å². The second kappa shape index (κ2) is 5.60. The standard InChI is InChI=1S/C13H20N2S/c1-14-9-11-7-8-15(10-11)12-5-3-4-6-13(12)16-2/h3-6,11,14H,7-10H2,1-2H3. The van der Waals surface area contributed by atoms with Crippen LogP contribution in [0, 0.1) is 5.92 Å². The van der Waals surface area contributed by atoms with Crippen LogP contribution in [0.2, 0.25) is 0 Å². The molecule has 1 heterocycles. The van der Waals surface area contributed by atoms with Crippen molar-refractivity contribution in [2.24, 2.45) is 5.92 Å². The highest BCUT2D eigenvalue weighted by atomic mass is 32.2. The van der Waals surface area contributed by atoms with Crippen LogP contribution < -0.4 is 10.2 Å². The highest BCUT2D eigenvalue weighted by Gasteiger charge is 2.23. The molecule has 0 spiro atoms. The summed E-state index contributed by atoms with van der Waals surface area (Å²) >= 11 is 1.84. The van der Waals surface area contributed by atoms with Crippen molar-refractivity contribution >= 4 is 17.4 Å². The fourth-order valence-electron chi connectivity index (χ4n) is 2.40. The molecule has 0 aromatic heterocycles. The Morgan fingerprint density at radius 2 is 2.25 bits per heavy atom. The van der Waals surface area contributed by atoms with Gasteiger partial charge >= 0.3 is 0 Å². The molecule has 1 atom stereocenters. The van der Waals surface area contributed by atoms with Crippen molar-refractivity contribution in [2.45, 2.75) is 11.3 Å². The molecule has 2 nitrogen and oxygen atoms in total. The van der Waals surface area contributed by atoms with Crippen LogP contribution >= 0.6 is 11.8 Å². The van der Waals surface area contributed by atoms with Crippen LogP contribution in [-0.2, 0) is 0 Å². The van der Waals surface area contributed by atoms with Gasteiger partial charge in [-0.2, -0.15) is 0 Å². The third-order valence-corrected chi connectivity index (χ3v) is 3.99. The third kappa shape index (κ3) is 2.53. The van der Waals surface area contributed by atoms with Crippen LogP contribution in [0.5, 0.6) is 0 Å². The topological polar surface area (TPSA) is 15.3 Å². The largest absolute Gasteiger partial charge is 0.370 e. The lowest BCUT2D eigenvalue weighted by Gasteiger charge is -2.21. The van der Waals surface area contributed by atoms with E-state index in [9.17, 15) is 0 Å². The molecule has 3 heteroatoms. The lowest BCUT2D eigenvalue weighted by Crippen LogP contribution is -2.24. The van der Waals surface area contributed by atoms with Crippen LogP contribution in [0.4, 0.5) is 5.69 Å². The monoisotopic (exact) mass is 236 g/mol. The van der Waals surface area contributed by atoms with E-state index in [4.69, 9.17) is 0 Å². The summed E-state index contributed by atoms with van der Waals surface area (Å²) in [5, 5.41) is 3.28. The molecule has 0 radical (unpaired) electrons. The van der Waals surface area contributed by atoms with Crippen molar-refractivity contribution < 1.29 is 0 Å². The number of nitrogens with one attached hydrogen (secondary N) is 1. The zero-order chi connectivity index (χ0) is 11.4. The van der Waals surface area contributed by atoms with Crippen LogP contribution in [0.25, 0.3) is 0 Å². The van der Waals surface area contributed by atoms with Gasteiger partial charge in [0.2, 0.25) is 0 Å². The quantitative estimate of drug-likeness (QED) is 0.809. The molecule has 1 saturated heterocycles. The minimum Gasteiger partial charge on any atom is -0.370 e. The number of thioether (sulfide) groups is 1. The number of hydrogen-bond donors (Lipinski definition) is 1. The Morgan fingerprint density at radius 1 is 1.44 bits per heavy atom. The van der Waals surface area contributed by atoms with Gasteiger partial charge in [-0.3, -0.25) is 0 Å². The summed E-state index contributed by atoms with van der Waals surface area (Å²) in [5.41, 5.74) is 1.41. The zero-order valence-electron chi connectivity index (χ0n) is 10.1. The van der Waals surface area contributed by atoms with Crippen molar-refractivity contribution in [2.75, 3.05) is 37.8 Å². The van der Waals surface area contributed by atoms with Gasteiger partial charge in [0.1, 0.15) is 0 Å². The maximum atomic E-state index is 3.28. The molecule has 0 amide bonds. The maximum absolute atomic E-state index is 3.28. The van der Waals surface area contributed by atoms with Gasteiger partial charge in [0.05, 0.1) is 5.69 Å². The van der Waals surface area contributed by atoms with Gasteiger partial charge in [-0.05, 0) is 44.3 Å². The molecule has 1 aliphatic rings. The normalized spacial score (nSPS) is 20.4. The number of nitrogens with zero attached hydrogens (tertiary/aromatic N) is 1. The molecule has 1 aromatic carbocycles. The summed E-state index contributed by atoms with van der Waals surface area (Å²) in [6.45, 7) is 3.53. The Bertz CT molecular complexity index is 340. The molecule has 1 aliphatic heterocycles. The zero-order valence-corrected chi connectivity index (χ0v) is 10.9. The summed E-state index contributed by atoms with van der Waals surface area (Å²) in [6.07, 6.45) is 3.46. The molecular formula is C13H20N2S. The van der Waals surface area contributed by atoms with Gasteiger partial charge in [0, 0.05) is 18.0 Å². The van der Waals surface area contributed by atoms with Crippen molar-refractivity contribution in [3.05, 3.63) is 24.3 Å². The van der Waals surface area contributed by atoms with Crippen LogP contribution in [0.15, 0.2) is 29.2 Å². The Hall–Kier alpha value is -0.670. The molecule has 1 unspecified atom stereocenters. The van der Waals surface area contributed by atoms with Gasteiger partial charge in [-0.15, -0.1) is 11.8 Å². The van der Waals surface area contributed by atoms with Crippen molar-refractivity contribution in [3.63, 3.8) is 0 Å². The Balaban J connectivity index is 2.08. The van der Waals surface area contributed by atoms with E-state index in [1.165, 1.54) is 30.1 Å². The summed E-state index contributed by atoms with van der Waals surface area (Å²) in [4.78, 5) is 3.92. The fourth-order valence-corrected chi connectivity index (χ4v) is 3.02. The number of anilines is 1. The van der Waals surface area contributed by atoms with E-state index in [-0.39, 0.29) is 0 Å². The summed E-state index contributed by atoms with van der Waals surface area (Å²) in [6, 6.07) is 8.72. The lowest BCUT2D eigenvalue weighted by atomic mass is 10.1. The van der Waals surface area contributed by atoms with E-state index in [0.717, 1.165) is 12.5 Å². The molecule has 0 saturated carbocycles. The third-order valence-electron chi connectivity index (χ3n) is 3.20. The van der Waals surface area contributed by atoms with E-state index in [2.05, 4.69) is 40.7 Å². The molecule has 1 N–H and O–H groups in total. The van der Waals surface area contributed by atoms with Crippen LogP contribution in [0.1, 0.15) is 6.42 Å². The first-order chi connectivity index (χ1) is 7.85. The van der Waals surface area contributed by atoms with E-state index in [0.29, 0.717) is 0 Å². The molecule has 0 bridgehead atoms. The molecule has 16 heavy (non-hydrogen) atoms. The van der Waals surface area contributed by atoms with Crippen molar-refractivity contribution in [1.29, 1.82) is 0 Å². The molecular weight excluding hydrogens is 216 g/mol. The fraction of sp³-hybridized carbons (Fsp3) is 0.538. The van der Waals surface area contributed by atoms with E-state index >= 15 is 0 Å². The molecule has 0 aliphatic carbocycles. The number of benzene rings is 1. The Labute approximate surface area is 102 Å². The highest BCUT2D eigenvalue weighted by molar-refractivity contribution is 7.98. The van der Waals surface area contributed by atoms with Gasteiger partial charge in [-0.1, -0.05) is 12.1 Å². The molecule has 1 fully saturated rings. The first kappa shape index (κ1) is 11.8. The number of para-hydroxylation sites is 1. The summed E-state index contributed by atoms with van der Waals surface area (Å²) in [7, 11) is 2.04. The second-order valence-electron chi connectivity index (χ2n) is 4.33. The van der Waals surface area contributed by atoms with Crippen molar-refractivity contribution in [1.82, 2.24) is 5.32 Å². The first-order valence-corrected chi connectivity index (χ1v) is 7.10. The molecule has 2 rings (SSSR count). The predicted octanol–water partition coefficient (Wildman–Crippen LogP) is 2.45. The second-order valence-corrected chi connectivity index (χ2v) is 5.18. The smallest absolute Gasteiger partial charge is 0.0504 e.